The van der Waals surface area contributed by atoms with Crippen molar-refractivity contribution in [2.24, 2.45) is 0 Å². The molecule has 1 aromatic carbocycles. The molecule has 0 amide bonds. The van der Waals surface area contributed by atoms with Gasteiger partial charge in [-0.25, -0.2) is 0 Å². The van der Waals surface area contributed by atoms with Gasteiger partial charge >= 0.3 is 111 Å². The van der Waals surface area contributed by atoms with E-state index in [-0.39, 0.29) is 4.31 Å². The van der Waals surface area contributed by atoms with Crippen molar-refractivity contribution in [1.29, 1.82) is 0 Å². The molecule has 0 radical (unpaired) electrons. The van der Waals surface area contributed by atoms with Gasteiger partial charge in [0, 0.05) is 0 Å². The van der Waals surface area contributed by atoms with E-state index in [1.54, 1.807) is 11.1 Å². The summed E-state index contributed by atoms with van der Waals surface area (Å²) in [4.78, 5) is 0. The van der Waals surface area contributed by atoms with E-state index >= 15 is 0 Å². The van der Waals surface area contributed by atoms with Gasteiger partial charge in [-0.15, -0.1) is 0 Å². The standard InChI is InChI=1S/C16H20Se/c1-11-12(2)14(4)16(5,13(11)3)17-15-9-7-6-8-10-15/h6-10H,1-5H3. The molecule has 0 unspecified atom stereocenters. The van der Waals surface area contributed by atoms with Crippen LogP contribution in [0.15, 0.2) is 52.6 Å². The molecule has 17 heavy (non-hydrogen) atoms. The summed E-state index contributed by atoms with van der Waals surface area (Å²) in [6.45, 7) is 11.5. The fourth-order valence-corrected chi connectivity index (χ4v) is 5.33. The Kier molecular flexibility index (Phi) is 3.34. The summed E-state index contributed by atoms with van der Waals surface area (Å²) < 4.78 is 1.77. The Labute approximate surface area is 111 Å². The van der Waals surface area contributed by atoms with Crippen molar-refractivity contribution in [2.75, 3.05) is 0 Å². The zero-order valence-electron chi connectivity index (χ0n) is 11.3. The van der Waals surface area contributed by atoms with Crippen molar-refractivity contribution < 1.29 is 0 Å². The molecule has 2 rings (SSSR count). The molecule has 1 aliphatic rings. The second kappa shape index (κ2) is 4.48. The topological polar surface area (TPSA) is 0 Å². The Morgan fingerprint density at radius 1 is 0.824 bits per heavy atom. The second-order valence-corrected chi connectivity index (χ2v) is 8.08. The fourth-order valence-electron chi connectivity index (χ4n) is 2.44. The fraction of sp³-hybridized carbons (Fsp3) is 0.375. The van der Waals surface area contributed by atoms with E-state index in [0.717, 1.165) is 0 Å². The van der Waals surface area contributed by atoms with Crippen LogP contribution < -0.4 is 4.46 Å². The van der Waals surface area contributed by atoms with Gasteiger partial charge in [0.15, 0.2) is 0 Å². The molecular formula is C16H20Se. The monoisotopic (exact) mass is 292 g/mol. The zero-order chi connectivity index (χ0) is 12.6. The van der Waals surface area contributed by atoms with Crippen LogP contribution in [-0.2, 0) is 0 Å². The first-order valence-electron chi connectivity index (χ1n) is 6.07. The number of benzene rings is 1. The summed E-state index contributed by atoms with van der Waals surface area (Å²) in [7, 11) is 0. The first kappa shape index (κ1) is 12.7. The van der Waals surface area contributed by atoms with E-state index in [1.165, 1.54) is 15.6 Å². The molecule has 0 N–H and O–H groups in total. The van der Waals surface area contributed by atoms with Gasteiger partial charge in [0.25, 0.3) is 0 Å². The van der Waals surface area contributed by atoms with Gasteiger partial charge in [-0.05, 0) is 0 Å². The number of hydrogen-bond donors (Lipinski definition) is 0. The molecule has 1 aliphatic carbocycles. The molecule has 0 aliphatic heterocycles. The minimum absolute atomic E-state index is 0.280. The summed E-state index contributed by atoms with van der Waals surface area (Å²) in [5.74, 6) is 0. The van der Waals surface area contributed by atoms with Crippen LogP contribution in [0.25, 0.3) is 0 Å². The van der Waals surface area contributed by atoms with Crippen molar-refractivity contribution in [3.8, 4) is 0 Å². The zero-order valence-corrected chi connectivity index (χ0v) is 13.0. The summed E-state index contributed by atoms with van der Waals surface area (Å²) in [5, 5.41) is 0. The Bertz CT molecular complexity index is 468. The minimum atomic E-state index is 0.280. The van der Waals surface area contributed by atoms with Crippen LogP contribution >= 0.6 is 0 Å². The van der Waals surface area contributed by atoms with Crippen LogP contribution in [0.1, 0.15) is 34.6 Å². The maximum absolute atomic E-state index is 2.41. The predicted molar refractivity (Wildman–Crippen MR) is 76.9 cm³/mol. The summed E-state index contributed by atoms with van der Waals surface area (Å²) in [6.07, 6.45) is 0. The van der Waals surface area contributed by atoms with Crippen molar-refractivity contribution >= 4 is 19.4 Å². The molecule has 0 nitrogen and oxygen atoms in total. The van der Waals surface area contributed by atoms with Crippen molar-refractivity contribution in [2.45, 2.75) is 38.9 Å². The molecule has 0 atom stereocenters. The van der Waals surface area contributed by atoms with Crippen LogP contribution in [0.2, 0.25) is 4.31 Å². The molecular weight excluding hydrogens is 271 g/mol. The van der Waals surface area contributed by atoms with E-state index in [2.05, 4.69) is 65.0 Å². The molecule has 0 aromatic heterocycles. The molecule has 0 bridgehead atoms. The first-order chi connectivity index (χ1) is 7.97. The number of hydrogen-bond acceptors (Lipinski definition) is 0. The first-order valence-corrected chi connectivity index (χ1v) is 7.78. The third-order valence-corrected chi connectivity index (χ3v) is 7.39. The van der Waals surface area contributed by atoms with Gasteiger partial charge in [-0.2, -0.15) is 0 Å². The van der Waals surface area contributed by atoms with Crippen molar-refractivity contribution in [1.82, 2.24) is 0 Å². The van der Waals surface area contributed by atoms with E-state index in [1.807, 2.05) is 0 Å². The molecule has 0 saturated heterocycles. The molecule has 0 saturated carbocycles. The van der Waals surface area contributed by atoms with E-state index in [0.29, 0.717) is 15.0 Å². The van der Waals surface area contributed by atoms with Gasteiger partial charge < -0.3 is 0 Å². The van der Waals surface area contributed by atoms with Gasteiger partial charge in [0.05, 0.1) is 0 Å². The van der Waals surface area contributed by atoms with Crippen LogP contribution in [0.3, 0.4) is 0 Å². The van der Waals surface area contributed by atoms with Gasteiger partial charge in [0.1, 0.15) is 0 Å². The van der Waals surface area contributed by atoms with Crippen molar-refractivity contribution in [3.05, 3.63) is 52.6 Å². The van der Waals surface area contributed by atoms with Crippen molar-refractivity contribution in [3.63, 3.8) is 0 Å². The maximum atomic E-state index is 2.41. The third kappa shape index (κ3) is 2.03. The predicted octanol–water partition coefficient (Wildman–Crippen LogP) is 3.88. The Morgan fingerprint density at radius 3 is 1.76 bits per heavy atom. The quantitative estimate of drug-likeness (QED) is 0.725. The van der Waals surface area contributed by atoms with E-state index < -0.39 is 0 Å². The summed E-state index contributed by atoms with van der Waals surface area (Å²) in [5.41, 5.74) is 6.14. The third-order valence-electron chi connectivity index (χ3n) is 4.18. The van der Waals surface area contributed by atoms with Crippen LogP contribution in [-0.4, -0.2) is 15.0 Å². The van der Waals surface area contributed by atoms with Crippen LogP contribution in [0, 0.1) is 0 Å². The summed E-state index contributed by atoms with van der Waals surface area (Å²) >= 11 is 0.474. The van der Waals surface area contributed by atoms with Gasteiger partial charge in [0.2, 0.25) is 0 Å². The van der Waals surface area contributed by atoms with Crippen LogP contribution in [0.5, 0.6) is 0 Å². The van der Waals surface area contributed by atoms with Crippen LogP contribution in [0.4, 0.5) is 0 Å². The Morgan fingerprint density at radius 2 is 1.29 bits per heavy atom. The average Bonchev–Trinajstić information content (AvgIpc) is 2.47. The average molecular weight is 291 g/mol. The second-order valence-electron chi connectivity index (χ2n) is 4.95. The van der Waals surface area contributed by atoms with Gasteiger partial charge in [-0.3, -0.25) is 0 Å². The molecule has 1 heteroatoms. The Balaban J connectivity index is 2.39. The molecule has 1 aromatic rings. The molecule has 90 valence electrons. The van der Waals surface area contributed by atoms with Gasteiger partial charge in [-0.1, -0.05) is 0 Å². The number of rotatable bonds is 2. The van der Waals surface area contributed by atoms with E-state index in [4.69, 9.17) is 0 Å². The molecule has 0 heterocycles. The Hall–Kier alpha value is -0.781. The molecule has 0 fully saturated rings. The number of allylic oxidation sites excluding steroid dienone is 4. The summed E-state index contributed by atoms with van der Waals surface area (Å²) in [6, 6.07) is 10.9. The SMILES string of the molecule is CC1=C(C)C(C)([Se]c2ccccc2)C(C)=C1C. The molecule has 0 spiro atoms. The normalized spacial score (nSPS) is 19.1. The van der Waals surface area contributed by atoms with E-state index in [9.17, 15) is 0 Å².